The molecule has 2 aromatic rings. The molecule has 1 fully saturated rings. The first-order valence-electron chi connectivity index (χ1n) is 9.53. The molecule has 0 aliphatic carbocycles. The van der Waals surface area contributed by atoms with Gasteiger partial charge in [0.05, 0.1) is 5.69 Å². The third kappa shape index (κ3) is 6.95. The molecule has 1 aliphatic heterocycles. The summed E-state index contributed by atoms with van der Waals surface area (Å²) in [6.07, 6.45) is 4.29. The van der Waals surface area contributed by atoms with Gasteiger partial charge in [-0.25, -0.2) is 0 Å². The average molecular weight is 439 g/mol. The summed E-state index contributed by atoms with van der Waals surface area (Å²) >= 11 is 0. The van der Waals surface area contributed by atoms with Crippen LogP contribution in [0.15, 0.2) is 48.7 Å². The van der Waals surface area contributed by atoms with Crippen molar-refractivity contribution in [3.63, 3.8) is 0 Å². The van der Waals surface area contributed by atoms with Crippen molar-refractivity contribution in [3.05, 3.63) is 59.9 Å². The summed E-state index contributed by atoms with van der Waals surface area (Å²) in [6.45, 7) is -3.18. The van der Waals surface area contributed by atoms with Crippen LogP contribution >= 0.6 is 0 Å². The SMILES string of the molecule is O=C(/C=C/c1ccc(OC(F)F)cc1OC(F)F)N1CCN(Cc2ccccn2)CC1. The van der Waals surface area contributed by atoms with Crippen LogP contribution in [0.1, 0.15) is 11.3 Å². The van der Waals surface area contributed by atoms with Crippen molar-refractivity contribution in [1.82, 2.24) is 14.8 Å². The van der Waals surface area contributed by atoms with Crippen LogP contribution in [0.3, 0.4) is 0 Å². The van der Waals surface area contributed by atoms with Crippen molar-refractivity contribution in [2.24, 2.45) is 0 Å². The number of halogens is 4. The Hall–Kier alpha value is -3.14. The molecule has 1 saturated heterocycles. The van der Waals surface area contributed by atoms with Gasteiger partial charge in [0.15, 0.2) is 0 Å². The lowest BCUT2D eigenvalue weighted by Crippen LogP contribution is -2.47. The number of alkyl halides is 4. The third-order valence-electron chi connectivity index (χ3n) is 4.63. The molecule has 0 spiro atoms. The fourth-order valence-corrected chi connectivity index (χ4v) is 3.14. The number of hydrogen-bond acceptors (Lipinski definition) is 5. The summed E-state index contributed by atoms with van der Waals surface area (Å²) in [4.78, 5) is 20.6. The highest BCUT2D eigenvalue weighted by Crippen LogP contribution is 2.28. The predicted octanol–water partition coefficient (Wildman–Crippen LogP) is 3.64. The van der Waals surface area contributed by atoms with Crippen LogP contribution in [0.2, 0.25) is 0 Å². The van der Waals surface area contributed by atoms with Crippen LogP contribution in [0.5, 0.6) is 11.5 Å². The molecule has 0 radical (unpaired) electrons. The molecule has 1 aromatic heterocycles. The quantitative estimate of drug-likeness (QED) is 0.464. The monoisotopic (exact) mass is 439 g/mol. The fourth-order valence-electron chi connectivity index (χ4n) is 3.14. The number of aromatic nitrogens is 1. The van der Waals surface area contributed by atoms with E-state index in [0.717, 1.165) is 11.8 Å². The van der Waals surface area contributed by atoms with Crippen LogP contribution < -0.4 is 9.47 Å². The van der Waals surface area contributed by atoms with Crippen molar-refractivity contribution in [1.29, 1.82) is 0 Å². The van der Waals surface area contributed by atoms with Gasteiger partial charge >= 0.3 is 13.2 Å². The van der Waals surface area contributed by atoms with Gasteiger partial charge in [-0.05, 0) is 30.3 Å². The van der Waals surface area contributed by atoms with E-state index in [-0.39, 0.29) is 23.0 Å². The number of rotatable bonds is 8. The summed E-state index contributed by atoms with van der Waals surface area (Å²) in [5.74, 6) is -0.969. The Bertz CT molecular complexity index is 889. The van der Waals surface area contributed by atoms with E-state index in [9.17, 15) is 22.4 Å². The number of amides is 1. The highest BCUT2D eigenvalue weighted by molar-refractivity contribution is 5.92. The van der Waals surface area contributed by atoms with E-state index in [0.29, 0.717) is 32.7 Å². The standard InChI is InChI=1S/C21H21F4N3O3/c22-20(23)30-17-6-4-15(18(13-17)31-21(24)25)5-7-19(29)28-11-9-27(10-12-28)14-16-3-1-2-8-26-16/h1-8,13,20-21H,9-12,14H2/b7-5+. The molecule has 0 saturated carbocycles. The van der Waals surface area contributed by atoms with Crippen molar-refractivity contribution < 1.29 is 31.8 Å². The first-order chi connectivity index (χ1) is 14.9. The molecule has 6 nitrogen and oxygen atoms in total. The number of nitrogens with zero attached hydrogens (tertiary/aromatic N) is 3. The lowest BCUT2D eigenvalue weighted by Gasteiger charge is -2.34. The molecule has 10 heteroatoms. The van der Waals surface area contributed by atoms with Gasteiger partial charge in [0, 0.05) is 56.6 Å². The first-order valence-corrected chi connectivity index (χ1v) is 9.53. The number of carbonyl (C=O) groups is 1. The van der Waals surface area contributed by atoms with Gasteiger partial charge in [-0.2, -0.15) is 17.6 Å². The predicted molar refractivity (Wildman–Crippen MR) is 105 cm³/mol. The molecular formula is C21H21F4N3O3. The molecule has 0 bridgehead atoms. The highest BCUT2D eigenvalue weighted by Gasteiger charge is 2.20. The Morgan fingerprint density at radius 1 is 1.03 bits per heavy atom. The zero-order valence-electron chi connectivity index (χ0n) is 16.5. The number of ether oxygens (including phenoxy) is 2. The second-order valence-electron chi connectivity index (χ2n) is 6.71. The van der Waals surface area contributed by atoms with Gasteiger partial charge in [0.1, 0.15) is 11.5 Å². The Labute approximate surface area is 176 Å². The van der Waals surface area contributed by atoms with Gasteiger partial charge in [-0.3, -0.25) is 14.7 Å². The highest BCUT2D eigenvalue weighted by atomic mass is 19.3. The molecule has 2 heterocycles. The summed E-state index contributed by atoms with van der Waals surface area (Å²) in [5.41, 5.74) is 1.09. The van der Waals surface area contributed by atoms with Gasteiger partial charge in [-0.1, -0.05) is 6.07 Å². The molecule has 0 N–H and O–H groups in total. The van der Waals surface area contributed by atoms with Gasteiger partial charge < -0.3 is 14.4 Å². The number of pyridine rings is 1. The normalized spacial score (nSPS) is 15.1. The maximum atomic E-state index is 12.7. The minimum Gasteiger partial charge on any atom is -0.435 e. The van der Waals surface area contributed by atoms with E-state index < -0.39 is 13.2 Å². The summed E-state index contributed by atoms with van der Waals surface area (Å²) in [5, 5.41) is 0. The second kappa shape index (κ2) is 10.8. The van der Waals surface area contributed by atoms with E-state index in [4.69, 9.17) is 0 Å². The molecule has 1 amide bonds. The Morgan fingerprint density at radius 3 is 2.42 bits per heavy atom. The van der Waals surface area contributed by atoms with Crippen LogP contribution in [0.4, 0.5) is 17.6 Å². The van der Waals surface area contributed by atoms with Crippen LogP contribution in [-0.2, 0) is 11.3 Å². The third-order valence-corrected chi connectivity index (χ3v) is 4.63. The molecule has 0 atom stereocenters. The Morgan fingerprint density at radius 2 is 1.77 bits per heavy atom. The number of piperazine rings is 1. The van der Waals surface area contributed by atoms with E-state index in [1.807, 2.05) is 18.2 Å². The summed E-state index contributed by atoms with van der Waals surface area (Å²) < 4.78 is 58.6. The maximum Gasteiger partial charge on any atom is 0.387 e. The van der Waals surface area contributed by atoms with Crippen LogP contribution in [0.25, 0.3) is 6.08 Å². The van der Waals surface area contributed by atoms with E-state index in [1.54, 1.807) is 11.1 Å². The maximum absolute atomic E-state index is 12.7. The van der Waals surface area contributed by atoms with Crippen LogP contribution in [-0.4, -0.2) is 60.1 Å². The molecule has 0 unspecified atom stereocenters. The van der Waals surface area contributed by atoms with Crippen molar-refractivity contribution in [3.8, 4) is 11.5 Å². The number of carbonyl (C=O) groups excluding carboxylic acids is 1. The van der Waals surface area contributed by atoms with E-state index in [1.165, 1.54) is 24.3 Å². The topological polar surface area (TPSA) is 54.9 Å². The molecule has 31 heavy (non-hydrogen) atoms. The fraction of sp³-hybridized carbons (Fsp3) is 0.333. The molecule has 1 aromatic carbocycles. The zero-order valence-corrected chi connectivity index (χ0v) is 16.5. The molecule has 166 valence electrons. The Balaban J connectivity index is 1.59. The number of hydrogen-bond donors (Lipinski definition) is 0. The minimum absolute atomic E-state index is 0.143. The van der Waals surface area contributed by atoms with Crippen molar-refractivity contribution in [2.75, 3.05) is 26.2 Å². The lowest BCUT2D eigenvalue weighted by molar-refractivity contribution is -0.127. The summed E-state index contributed by atoms with van der Waals surface area (Å²) in [7, 11) is 0. The summed E-state index contributed by atoms with van der Waals surface area (Å²) in [6, 6.07) is 9.10. The van der Waals surface area contributed by atoms with Gasteiger partial charge in [0.2, 0.25) is 5.91 Å². The number of benzene rings is 1. The molecular weight excluding hydrogens is 418 g/mol. The smallest absolute Gasteiger partial charge is 0.387 e. The molecule has 1 aliphatic rings. The van der Waals surface area contributed by atoms with Crippen LogP contribution in [0, 0.1) is 0 Å². The molecule has 3 rings (SSSR count). The van der Waals surface area contributed by atoms with Crippen molar-refractivity contribution >= 4 is 12.0 Å². The van der Waals surface area contributed by atoms with Gasteiger partial charge in [-0.15, -0.1) is 0 Å². The zero-order chi connectivity index (χ0) is 22.2. The first kappa shape index (κ1) is 22.5. The van der Waals surface area contributed by atoms with Gasteiger partial charge in [0.25, 0.3) is 0 Å². The van der Waals surface area contributed by atoms with Crippen molar-refractivity contribution in [2.45, 2.75) is 19.8 Å². The Kier molecular flexibility index (Phi) is 7.82. The second-order valence-corrected chi connectivity index (χ2v) is 6.71. The average Bonchev–Trinajstić information content (AvgIpc) is 2.73. The minimum atomic E-state index is -3.16. The largest absolute Gasteiger partial charge is 0.435 e. The van der Waals surface area contributed by atoms with E-state index >= 15 is 0 Å². The van der Waals surface area contributed by atoms with E-state index in [2.05, 4.69) is 19.4 Å². The lowest BCUT2D eigenvalue weighted by atomic mass is 10.1.